The molecule has 1 rings (SSSR count). The van der Waals surface area contributed by atoms with Crippen molar-refractivity contribution >= 4 is 5.97 Å². The van der Waals surface area contributed by atoms with Gasteiger partial charge in [0.15, 0.2) is 0 Å². The standard InChI is InChI=1S/C15H18O3/c1-5-9-17-10-12(3)15(16)18-14-8-6-7-11(2)13(14)4/h5-8H,1,3,9-10H2,2,4H3. The van der Waals surface area contributed by atoms with Crippen LogP contribution in [0.2, 0.25) is 0 Å². The molecule has 0 radical (unpaired) electrons. The van der Waals surface area contributed by atoms with Gasteiger partial charge in [0.2, 0.25) is 0 Å². The van der Waals surface area contributed by atoms with E-state index in [0.717, 1.165) is 11.1 Å². The van der Waals surface area contributed by atoms with Crippen molar-refractivity contribution in [3.63, 3.8) is 0 Å². The van der Waals surface area contributed by atoms with Crippen molar-refractivity contribution in [2.24, 2.45) is 0 Å². The molecule has 0 saturated heterocycles. The molecule has 1 aromatic rings. The van der Waals surface area contributed by atoms with Crippen molar-refractivity contribution in [1.29, 1.82) is 0 Å². The summed E-state index contributed by atoms with van der Waals surface area (Å²) in [6, 6.07) is 5.58. The van der Waals surface area contributed by atoms with E-state index < -0.39 is 5.97 Å². The molecule has 0 aliphatic heterocycles. The Kier molecular flexibility index (Phi) is 5.33. The van der Waals surface area contributed by atoms with Crippen LogP contribution < -0.4 is 4.74 Å². The van der Waals surface area contributed by atoms with Crippen LogP contribution in [0.15, 0.2) is 43.0 Å². The smallest absolute Gasteiger partial charge is 0.341 e. The monoisotopic (exact) mass is 246 g/mol. The van der Waals surface area contributed by atoms with Gasteiger partial charge in [0.05, 0.1) is 18.8 Å². The molecule has 0 aliphatic rings. The summed E-state index contributed by atoms with van der Waals surface area (Å²) in [5.41, 5.74) is 2.32. The molecule has 18 heavy (non-hydrogen) atoms. The predicted molar refractivity (Wildman–Crippen MR) is 71.7 cm³/mol. The lowest BCUT2D eigenvalue weighted by Gasteiger charge is -2.10. The van der Waals surface area contributed by atoms with Crippen LogP contribution in [0.1, 0.15) is 11.1 Å². The molecule has 0 spiro atoms. The summed E-state index contributed by atoms with van der Waals surface area (Å²) < 4.78 is 10.4. The maximum Gasteiger partial charge on any atom is 0.341 e. The number of benzene rings is 1. The van der Waals surface area contributed by atoms with Gasteiger partial charge >= 0.3 is 5.97 Å². The number of aryl methyl sites for hydroxylation is 1. The number of hydrogen-bond acceptors (Lipinski definition) is 3. The Bertz CT molecular complexity index is 461. The SMILES string of the molecule is C=CCOCC(=C)C(=O)Oc1cccc(C)c1C. The Morgan fingerprint density at radius 1 is 1.39 bits per heavy atom. The quantitative estimate of drug-likeness (QED) is 0.254. The fourth-order valence-electron chi connectivity index (χ4n) is 1.33. The summed E-state index contributed by atoms with van der Waals surface area (Å²) in [6.45, 7) is 11.6. The van der Waals surface area contributed by atoms with Crippen LogP contribution in [0.25, 0.3) is 0 Å². The maximum absolute atomic E-state index is 11.7. The highest BCUT2D eigenvalue weighted by atomic mass is 16.5. The number of carbonyl (C=O) groups excluding carboxylic acids is 1. The summed E-state index contributed by atoms with van der Waals surface area (Å²) >= 11 is 0. The van der Waals surface area contributed by atoms with Crippen molar-refractivity contribution in [2.45, 2.75) is 13.8 Å². The summed E-state index contributed by atoms with van der Waals surface area (Å²) in [5.74, 6) is 0.0950. The third-order valence-electron chi connectivity index (χ3n) is 2.56. The highest BCUT2D eigenvalue weighted by molar-refractivity contribution is 5.89. The van der Waals surface area contributed by atoms with E-state index in [0.29, 0.717) is 12.4 Å². The second-order valence-electron chi connectivity index (χ2n) is 3.99. The lowest BCUT2D eigenvalue weighted by atomic mass is 10.1. The number of esters is 1. The zero-order chi connectivity index (χ0) is 13.5. The van der Waals surface area contributed by atoms with E-state index in [1.807, 2.05) is 26.0 Å². The third-order valence-corrected chi connectivity index (χ3v) is 2.56. The number of ether oxygens (including phenoxy) is 2. The molecule has 0 aromatic heterocycles. The number of carbonyl (C=O) groups is 1. The van der Waals surface area contributed by atoms with Crippen LogP contribution in [-0.4, -0.2) is 19.2 Å². The van der Waals surface area contributed by atoms with Gasteiger partial charge in [-0.25, -0.2) is 4.79 Å². The van der Waals surface area contributed by atoms with Crippen LogP contribution >= 0.6 is 0 Å². The first kappa shape index (κ1) is 14.2. The van der Waals surface area contributed by atoms with Crippen molar-refractivity contribution < 1.29 is 14.3 Å². The molecule has 3 nitrogen and oxygen atoms in total. The van der Waals surface area contributed by atoms with Gasteiger partial charge in [0, 0.05) is 0 Å². The third kappa shape index (κ3) is 3.86. The molecule has 0 atom stereocenters. The van der Waals surface area contributed by atoms with Gasteiger partial charge in [-0.3, -0.25) is 0 Å². The van der Waals surface area contributed by atoms with E-state index in [4.69, 9.17) is 9.47 Å². The molecule has 0 amide bonds. The fourth-order valence-corrected chi connectivity index (χ4v) is 1.33. The van der Waals surface area contributed by atoms with Crippen molar-refractivity contribution in [3.05, 3.63) is 54.1 Å². The molecule has 0 heterocycles. The van der Waals surface area contributed by atoms with E-state index in [2.05, 4.69) is 13.2 Å². The second-order valence-corrected chi connectivity index (χ2v) is 3.99. The summed E-state index contributed by atoms with van der Waals surface area (Å²) in [5, 5.41) is 0. The van der Waals surface area contributed by atoms with Gasteiger partial charge < -0.3 is 9.47 Å². The fraction of sp³-hybridized carbons (Fsp3) is 0.267. The highest BCUT2D eigenvalue weighted by Gasteiger charge is 2.12. The Morgan fingerprint density at radius 3 is 2.78 bits per heavy atom. The van der Waals surface area contributed by atoms with Gasteiger partial charge in [-0.2, -0.15) is 0 Å². The molecular formula is C15H18O3. The first-order valence-corrected chi connectivity index (χ1v) is 5.71. The summed E-state index contributed by atoms with van der Waals surface area (Å²) in [6.07, 6.45) is 1.61. The predicted octanol–water partition coefficient (Wildman–Crippen LogP) is 2.97. The van der Waals surface area contributed by atoms with E-state index in [1.165, 1.54) is 0 Å². The lowest BCUT2D eigenvalue weighted by molar-refractivity contribution is -0.130. The molecule has 0 bridgehead atoms. The zero-order valence-electron chi connectivity index (χ0n) is 10.9. The van der Waals surface area contributed by atoms with E-state index in [-0.39, 0.29) is 12.2 Å². The van der Waals surface area contributed by atoms with Crippen LogP contribution in [0, 0.1) is 13.8 Å². The van der Waals surface area contributed by atoms with E-state index in [9.17, 15) is 4.79 Å². The van der Waals surface area contributed by atoms with Crippen molar-refractivity contribution in [2.75, 3.05) is 13.2 Å². The minimum absolute atomic E-state index is 0.149. The minimum Gasteiger partial charge on any atom is -0.423 e. The lowest BCUT2D eigenvalue weighted by Crippen LogP contribution is -2.15. The minimum atomic E-state index is -0.465. The van der Waals surface area contributed by atoms with Gasteiger partial charge in [0.1, 0.15) is 5.75 Å². The first-order valence-electron chi connectivity index (χ1n) is 5.71. The van der Waals surface area contributed by atoms with Crippen molar-refractivity contribution in [3.8, 4) is 5.75 Å². The Balaban J connectivity index is 2.61. The molecular weight excluding hydrogens is 228 g/mol. The van der Waals surface area contributed by atoms with Crippen LogP contribution in [-0.2, 0) is 9.53 Å². The molecule has 96 valence electrons. The Hall–Kier alpha value is -1.87. The summed E-state index contributed by atoms with van der Waals surface area (Å²) in [4.78, 5) is 11.7. The molecule has 0 saturated carbocycles. The number of hydrogen-bond donors (Lipinski definition) is 0. The van der Waals surface area contributed by atoms with E-state index in [1.54, 1.807) is 12.1 Å². The van der Waals surface area contributed by atoms with Crippen molar-refractivity contribution in [1.82, 2.24) is 0 Å². The normalized spacial score (nSPS) is 9.89. The average Bonchev–Trinajstić information content (AvgIpc) is 2.35. The van der Waals surface area contributed by atoms with Gasteiger partial charge in [-0.1, -0.05) is 24.8 Å². The maximum atomic E-state index is 11.7. The van der Waals surface area contributed by atoms with Crippen LogP contribution in [0.3, 0.4) is 0 Å². The zero-order valence-corrected chi connectivity index (χ0v) is 10.9. The van der Waals surface area contributed by atoms with Gasteiger partial charge in [0.25, 0.3) is 0 Å². The van der Waals surface area contributed by atoms with Gasteiger partial charge in [-0.15, -0.1) is 6.58 Å². The van der Waals surface area contributed by atoms with E-state index >= 15 is 0 Å². The van der Waals surface area contributed by atoms with Gasteiger partial charge in [-0.05, 0) is 31.0 Å². The molecule has 0 aliphatic carbocycles. The van der Waals surface area contributed by atoms with Crippen LogP contribution in [0.5, 0.6) is 5.75 Å². The molecule has 3 heteroatoms. The topological polar surface area (TPSA) is 35.5 Å². The molecule has 1 aromatic carbocycles. The number of rotatable bonds is 6. The van der Waals surface area contributed by atoms with Crippen LogP contribution in [0.4, 0.5) is 0 Å². The first-order chi connectivity index (χ1) is 8.56. The molecule has 0 N–H and O–H groups in total. The Labute approximate surface area is 108 Å². The largest absolute Gasteiger partial charge is 0.423 e. The Morgan fingerprint density at radius 2 is 2.11 bits per heavy atom. The highest BCUT2D eigenvalue weighted by Crippen LogP contribution is 2.21. The summed E-state index contributed by atoms with van der Waals surface area (Å²) in [7, 11) is 0. The molecule has 0 fully saturated rings. The molecule has 0 unspecified atom stereocenters. The average molecular weight is 246 g/mol. The second kappa shape index (κ2) is 6.77.